The van der Waals surface area contributed by atoms with Crippen molar-refractivity contribution >= 4 is 5.57 Å². The summed E-state index contributed by atoms with van der Waals surface area (Å²) in [4.78, 5) is 0. The number of hydrogen-bond acceptors (Lipinski definition) is 0. The lowest BCUT2D eigenvalue weighted by molar-refractivity contribution is 0.818. The van der Waals surface area contributed by atoms with Crippen molar-refractivity contribution in [2.75, 3.05) is 0 Å². The summed E-state index contributed by atoms with van der Waals surface area (Å²) in [5.74, 6) is 0.599. The van der Waals surface area contributed by atoms with Gasteiger partial charge in [-0.1, -0.05) is 61.6 Å². The lowest BCUT2D eigenvalue weighted by Gasteiger charge is -2.06. The Kier molecular flexibility index (Phi) is 3.40. The minimum atomic E-state index is 0.599. The van der Waals surface area contributed by atoms with Crippen molar-refractivity contribution in [3.8, 4) is 0 Å². The molecule has 82 valence electrons. The smallest absolute Gasteiger partial charge is 0.00307 e. The van der Waals surface area contributed by atoms with Crippen LogP contribution in [0.25, 0.3) is 5.57 Å². The number of allylic oxidation sites excluding steroid dienone is 6. The lowest BCUT2D eigenvalue weighted by atomic mass is 9.98. The maximum absolute atomic E-state index is 2.38. The minimum Gasteiger partial charge on any atom is -0.0877 e. The molecule has 0 radical (unpaired) electrons. The molecule has 0 heteroatoms. The average molecular weight is 210 g/mol. The van der Waals surface area contributed by atoms with E-state index in [0.717, 1.165) is 0 Å². The van der Waals surface area contributed by atoms with Crippen LogP contribution in [0, 0.1) is 0 Å². The van der Waals surface area contributed by atoms with E-state index in [0.29, 0.717) is 5.92 Å². The van der Waals surface area contributed by atoms with Crippen molar-refractivity contribution in [1.29, 1.82) is 0 Å². The molecule has 2 rings (SSSR count). The lowest BCUT2D eigenvalue weighted by Crippen LogP contribution is -1.89. The Morgan fingerprint density at radius 3 is 2.75 bits per heavy atom. The Hall–Kier alpha value is -1.56. The second kappa shape index (κ2) is 4.98. The van der Waals surface area contributed by atoms with E-state index in [9.17, 15) is 0 Å². The summed E-state index contributed by atoms with van der Waals surface area (Å²) in [6.45, 7) is 4.28. The zero-order valence-electron chi connectivity index (χ0n) is 9.98. The topological polar surface area (TPSA) is 0 Å². The van der Waals surface area contributed by atoms with E-state index in [1.807, 2.05) is 6.92 Å². The van der Waals surface area contributed by atoms with Gasteiger partial charge in [0.25, 0.3) is 0 Å². The van der Waals surface area contributed by atoms with E-state index in [1.165, 1.54) is 23.1 Å². The highest BCUT2D eigenvalue weighted by Gasteiger charge is 2.19. The normalized spacial score (nSPS) is 19.4. The summed E-state index contributed by atoms with van der Waals surface area (Å²) in [6, 6.07) is 8.72. The SMILES string of the molecule is C/C=C\C=C/C1=CC(CC)c2ccccc21. The molecule has 0 heterocycles. The van der Waals surface area contributed by atoms with Crippen LogP contribution in [0.2, 0.25) is 0 Å². The first-order valence-corrected chi connectivity index (χ1v) is 5.97. The molecule has 0 bridgehead atoms. The fourth-order valence-electron chi connectivity index (χ4n) is 2.23. The van der Waals surface area contributed by atoms with Crippen molar-refractivity contribution in [3.63, 3.8) is 0 Å². The molecule has 0 aromatic heterocycles. The first-order valence-electron chi connectivity index (χ1n) is 5.97. The monoisotopic (exact) mass is 210 g/mol. The zero-order valence-corrected chi connectivity index (χ0v) is 9.98. The molecule has 0 nitrogen and oxygen atoms in total. The molecule has 1 aromatic carbocycles. The first kappa shape index (κ1) is 10.9. The molecule has 0 aliphatic heterocycles. The molecular weight excluding hydrogens is 192 g/mol. The summed E-state index contributed by atoms with van der Waals surface area (Å²) in [5, 5.41) is 0. The molecule has 0 spiro atoms. The van der Waals surface area contributed by atoms with E-state index in [1.54, 1.807) is 0 Å². The molecular formula is C16H18. The van der Waals surface area contributed by atoms with Crippen LogP contribution in [-0.4, -0.2) is 0 Å². The summed E-state index contributed by atoms with van der Waals surface area (Å²) in [6.07, 6.45) is 12.0. The van der Waals surface area contributed by atoms with E-state index in [2.05, 4.69) is 61.6 Å². The quantitative estimate of drug-likeness (QED) is 0.634. The third-order valence-electron chi connectivity index (χ3n) is 3.07. The van der Waals surface area contributed by atoms with Gasteiger partial charge < -0.3 is 0 Å². The molecule has 1 atom stereocenters. The van der Waals surface area contributed by atoms with Gasteiger partial charge in [-0.2, -0.15) is 0 Å². The van der Waals surface area contributed by atoms with Crippen LogP contribution in [-0.2, 0) is 0 Å². The Labute approximate surface area is 98.0 Å². The number of fused-ring (bicyclic) bond motifs is 1. The zero-order chi connectivity index (χ0) is 11.4. The standard InChI is InChI=1S/C16H18/c1-3-5-6-9-14-12-13(4-2)15-10-7-8-11-16(14)15/h3,5-13H,4H2,1-2H3/b5-3-,9-6-. The van der Waals surface area contributed by atoms with Crippen molar-refractivity contribution in [1.82, 2.24) is 0 Å². The minimum absolute atomic E-state index is 0.599. The van der Waals surface area contributed by atoms with Crippen LogP contribution in [0.5, 0.6) is 0 Å². The second-order valence-corrected chi connectivity index (χ2v) is 4.11. The van der Waals surface area contributed by atoms with Crippen molar-refractivity contribution < 1.29 is 0 Å². The van der Waals surface area contributed by atoms with Gasteiger partial charge in [0.1, 0.15) is 0 Å². The molecule has 1 aliphatic rings. The summed E-state index contributed by atoms with van der Waals surface area (Å²) < 4.78 is 0. The van der Waals surface area contributed by atoms with E-state index < -0.39 is 0 Å². The Balaban J connectivity index is 2.34. The van der Waals surface area contributed by atoms with Gasteiger partial charge in [-0.25, -0.2) is 0 Å². The van der Waals surface area contributed by atoms with E-state index in [4.69, 9.17) is 0 Å². The van der Waals surface area contributed by atoms with Crippen LogP contribution in [0.1, 0.15) is 37.3 Å². The highest BCUT2D eigenvalue weighted by Crippen LogP contribution is 2.37. The van der Waals surface area contributed by atoms with Crippen LogP contribution in [0.4, 0.5) is 0 Å². The number of hydrogen-bond donors (Lipinski definition) is 0. The molecule has 0 saturated carbocycles. The van der Waals surface area contributed by atoms with Gasteiger partial charge in [-0.05, 0) is 30.0 Å². The van der Waals surface area contributed by atoms with E-state index >= 15 is 0 Å². The van der Waals surface area contributed by atoms with Gasteiger partial charge in [0, 0.05) is 5.92 Å². The summed E-state index contributed by atoms with van der Waals surface area (Å²) in [5.41, 5.74) is 4.24. The van der Waals surface area contributed by atoms with E-state index in [-0.39, 0.29) is 0 Å². The molecule has 1 aliphatic carbocycles. The maximum atomic E-state index is 2.38. The van der Waals surface area contributed by atoms with Crippen molar-refractivity contribution in [3.05, 3.63) is 65.8 Å². The number of benzene rings is 1. The molecule has 0 N–H and O–H groups in total. The highest BCUT2D eigenvalue weighted by molar-refractivity contribution is 5.81. The third-order valence-corrected chi connectivity index (χ3v) is 3.07. The fourth-order valence-corrected chi connectivity index (χ4v) is 2.23. The summed E-state index contributed by atoms with van der Waals surface area (Å²) in [7, 11) is 0. The molecule has 1 aromatic rings. The van der Waals surface area contributed by atoms with Crippen LogP contribution < -0.4 is 0 Å². The third kappa shape index (κ3) is 2.01. The highest BCUT2D eigenvalue weighted by atomic mass is 14.2. The Morgan fingerprint density at radius 1 is 1.19 bits per heavy atom. The van der Waals surface area contributed by atoms with Crippen molar-refractivity contribution in [2.24, 2.45) is 0 Å². The van der Waals surface area contributed by atoms with Gasteiger partial charge in [-0.3, -0.25) is 0 Å². The van der Waals surface area contributed by atoms with Gasteiger partial charge in [0.2, 0.25) is 0 Å². The van der Waals surface area contributed by atoms with Gasteiger partial charge in [0.05, 0.1) is 0 Å². The maximum Gasteiger partial charge on any atom is 0.00307 e. The summed E-state index contributed by atoms with van der Waals surface area (Å²) >= 11 is 0. The molecule has 0 saturated heterocycles. The number of rotatable bonds is 3. The molecule has 16 heavy (non-hydrogen) atoms. The van der Waals surface area contributed by atoms with Gasteiger partial charge in [-0.15, -0.1) is 0 Å². The first-order chi connectivity index (χ1) is 7.86. The van der Waals surface area contributed by atoms with Crippen LogP contribution in [0.15, 0.2) is 54.6 Å². The Morgan fingerprint density at radius 2 is 2.00 bits per heavy atom. The van der Waals surface area contributed by atoms with Crippen LogP contribution >= 0.6 is 0 Å². The molecule has 1 unspecified atom stereocenters. The second-order valence-electron chi connectivity index (χ2n) is 4.11. The predicted octanol–water partition coefficient (Wildman–Crippen LogP) is 4.71. The van der Waals surface area contributed by atoms with Crippen molar-refractivity contribution in [2.45, 2.75) is 26.2 Å². The van der Waals surface area contributed by atoms with Crippen LogP contribution in [0.3, 0.4) is 0 Å². The largest absolute Gasteiger partial charge is 0.0877 e. The molecule has 0 fully saturated rings. The van der Waals surface area contributed by atoms with Gasteiger partial charge in [0.15, 0.2) is 0 Å². The Bertz CT molecular complexity index is 447. The fraction of sp³-hybridized carbons (Fsp3) is 0.250. The predicted molar refractivity (Wildman–Crippen MR) is 71.4 cm³/mol. The average Bonchev–Trinajstić information content (AvgIpc) is 2.68. The molecule has 0 amide bonds. The van der Waals surface area contributed by atoms with Gasteiger partial charge >= 0.3 is 0 Å².